The first kappa shape index (κ1) is 19.6. The summed E-state index contributed by atoms with van der Waals surface area (Å²) < 4.78 is 13.0. The quantitative estimate of drug-likeness (QED) is 0.589. The van der Waals surface area contributed by atoms with Gasteiger partial charge in [0.05, 0.1) is 10.8 Å². The van der Waals surface area contributed by atoms with Crippen LogP contribution in [0.15, 0.2) is 95.9 Å². The third-order valence-corrected chi connectivity index (χ3v) is 7.07. The van der Waals surface area contributed by atoms with Crippen LogP contribution in [0, 0.1) is 11.8 Å². The highest BCUT2D eigenvalue weighted by atomic mass is 32.2. The third kappa shape index (κ3) is 4.83. The van der Waals surface area contributed by atoms with Crippen molar-refractivity contribution in [2.75, 3.05) is 12.3 Å². The van der Waals surface area contributed by atoms with Crippen molar-refractivity contribution in [1.82, 2.24) is 4.90 Å². The van der Waals surface area contributed by atoms with Gasteiger partial charge in [-0.05, 0) is 29.7 Å². The molecular formula is C25H25NO2S. The maximum Gasteiger partial charge on any atom is 0.226 e. The number of nitrogens with zero attached hydrogens (tertiary/aromatic N) is 1. The summed E-state index contributed by atoms with van der Waals surface area (Å²) in [4.78, 5) is 16.0. The van der Waals surface area contributed by atoms with Gasteiger partial charge < -0.3 is 4.90 Å². The molecular weight excluding hydrogens is 378 g/mol. The maximum absolute atomic E-state index is 13.3. The Labute approximate surface area is 174 Å². The second-order valence-corrected chi connectivity index (χ2v) is 9.08. The molecule has 0 radical (unpaired) electrons. The number of amides is 1. The van der Waals surface area contributed by atoms with Crippen LogP contribution in [0.3, 0.4) is 0 Å². The highest BCUT2D eigenvalue weighted by Crippen LogP contribution is 2.31. The summed E-state index contributed by atoms with van der Waals surface area (Å²) in [7, 11) is -1.11. The summed E-state index contributed by atoms with van der Waals surface area (Å²) in [6.07, 6.45) is 0.696. The molecule has 0 aliphatic carbocycles. The van der Waals surface area contributed by atoms with Crippen LogP contribution in [0.1, 0.15) is 11.1 Å². The number of carbonyl (C=O) groups is 1. The number of benzene rings is 3. The Bertz CT molecular complexity index is 960. The van der Waals surface area contributed by atoms with E-state index < -0.39 is 10.8 Å². The molecule has 0 aromatic heterocycles. The molecule has 29 heavy (non-hydrogen) atoms. The van der Waals surface area contributed by atoms with E-state index in [4.69, 9.17) is 0 Å². The van der Waals surface area contributed by atoms with Crippen LogP contribution in [-0.2, 0) is 28.6 Å². The van der Waals surface area contributed by atoms with Crippen molar-refractivity contribution in [2.24, 2.45) is 11.8 Å². The Morgan fingerprint density at radius 1 is 0.793 bits per heavy atom. The molecule has 1 unspecified atom stereocenters. The average molecular weight is 404 g/mol. The first-order valence-corrected chi connectivity index (χ1v) is 11.3. The Morgan fingerprint density at radius 3 is 1.97 bits per heavy atom. The lowest BCUT2D eigenvalue weighted by atomic mass is 9.90. The average Bonchev–Trinajstić information content (AvgIpc) is 3.04. The van der Waals surface area contributed by atoms with Crippen molar-refractivity contribution in [3.63, 3.8) is 0 Å². The van der Waals surface area contributed by atoms with E-state index >= 15 is 0 Å². The minimum Gasteiger partial charge on any atom is -0.338 e. The van der Waals surface area contributed by atoms with Crippen LogP contribution in [0.25, 0.3) is 0 Å². The van der Waals surface area contributed by atoms with E-state index in [9.17, 15) is 9.00 Å². The number of rotatable bonds is 7. The molecule has 1 amide bonds. The van der Waals surface area contributed by atoms with Crippen molar-refractivity contribution < 1.29 is 9.00 Å². The highest BCUT2D eigenvalue weighted by Gasteiger charge is 2.40. The van der Waals surface area contributed by atoms with E-state index in [1.54, 1.807) is 0 Å². The minimum atomic E-state index is -1.11. The molecule has 1 aliphatic heterocycles. The van der Waals surface area contributed by atoms with Crippen LogP contribution >= 0.6 is 0 Å². The zero-order chi connectivity index (χ0) is 20.1. The molecule has 148 valence electrons. The van der Waals surface area contributed by atoms with Crippen LogP contribution in [-0.4, -0.2) is 27.3 Å². The summed E-state index contributed by atoms with van der Waals surface area (Å²) in [6, 6.07) is 29.8. The number of hydrogen-bond acceptors (Lipinski definition) is 2. The number of likely N-dealkylation sites (tertiary alicyclic amines) is 1. The smallest absolute Gasteiger partial charge is 0.226 e. The van der Waals surface area contributed by atoms with Gasteiger partial charge in [0.15, 0.2) is 0 Å². The second-order valence-electron chi connectivity index (χ2n) is 7.59. The fourth-order valence-corrected chi connectivity index (χ4v) is 5.42. The molecule has 0 N–H and O–H groups in total. The molecule has 0 spiro atoms. The lowest BCUT2D eigenvalue weighted by molar-refractivity contribution is -0.131. The van der Waals surface area contributed by atoms with Gasteiger partial charge in [-0.3, -0.25) is 9.00 Å². The summed E-state index contributed by atoms with van der Waals surface area (Å²) >= 11 is 0. The van der Waals surface area contributed by atoms with Gasteiger partial charge in [0.1, 0.15) is 0 Å². The molecule has 3 atom stereocenters. The van der Waals surface area contributed by atoms with Crippen molar-refractivity contribution in [3.8, 4) is 0 Å². The van der Waals surface area contributed by atoms with Crippen molar-refractivity contribution in [3.05, 3.63) is 102 Å². The van der Waals surface area contributed by atoms with Gasteiger partial charge in [-0.2, -0.15) is 0 Å². The Morgan fingerprint density at radius 2 is 1.34 bits per heavy atom. The van der Waals surface area contributed by atoms with E-state index in [-0.39, 0.29) is 17.7 Å². The van der Waals surface area contributed by atoms with Gasteiger partial charge in [-0.15, -0.1) is 0 Å². The van der Waals surface area contributed by atoms with Crippen LogP contribution in [0.2, 0.25) is 0 Å². The van der Waals surface area contributed by atoms with Crippen molar-refractivity contribution >= 4 is 16.7 Å². The fraction of sp³-hybridized carbons (Fsp3) is 0.240. The predicted molar refractivity (Wildman–Crippen MR) is 117 cm³/mol. The zero-order valence-electron chi connectivity index (χ0n) is 16.3. The molecule has 4 rings (SSSR count). The molecule has 1 aliphatic rings. The van der Waals surface area contributed by atoms with E-state index in [1.165, 1.54) is 0 Å². The third-order valence-electron chi connectivity index (χ3n) is 5.54. The number of carbonyl (C=O) groups excluding carboxylic acids is 1. The molecule has 1 heterocycles. The monoisotopic (exact) mass is 403 g/mol. The molecule has 3 aromatic carbocycles. The lowest BCUT2D eigenvalue weighted by Crippen LogP contribution is -2.27. The second kappa shape index (κ2) is 9.19. The van der Waals surface area contributed by atoms with Crippen molar-refractivity contribution in [1.29, 1.82) is 0 Å². The van der Waals surface area contributed by atoms with E-state index in [0.29, 0.717) is 25.3 Å². The first-order valence-electron chi connectivity index (χ1n) is 10.0. The first-order chi connectivity index (χ1) is 14.2. The van der Waals surface area contributed by atoms with E-state index in [1.807, 2.05) is 71.6 Å². The minimum absolute atomic E-state index is 0.0763. The Balaban J connectivity index is 1.54. The maximum atomic E-state index is 13.3. The Kier molecular flexibility index (Phi) is 6.20. The molecule has 1 fully saturated rings. The Hall–Kier alpha value is -2.72. The summed E-state index contributed by atoms with van der Waals surface area (Å²) in [5.74, 6) is 0.632. The molecule has 3 nitrogen and oxygen atoms in total. The molecule has 1 saturated heterocycles. The van der Waals surface area contributed by atoms with Gasteiger partial charge in [-0.25, -0.2) is 0 Å². The molecule has 0 bridgehead atoms. The van der Waals surface area contributed by atoms with E-state index in [0.717, 1.165) is 16.0 Å². The zero-order valence-corrected chi connectivity index (χ0v) is 17.1. The topological polar surface area (TPSA) is 37.4 Å². The van der Waals surface area contributed by atoms with Crippen LogP contribution in [0.5, 0.6) is 0 Å². The molecule has 0 saturated carbocycles. The summed E-state index contributed by atoms with van der Waals surface area (Å²) in [6.45, 7) is 1.27. The number of hydrogen-bond donors (Lipinski definition) is 0. The summed E-state index contributed by atoms with van der Waals surface area (Å²) in [5, 5.41) is 0. The van der Waals surface area contributed by atoms with Gasteiger partial charge in [0, 0.05) is 35.6 Å². The van der Waals surface area contributed by atoms with E-state index in [2.05, 4.69) is 24.3 Å². The predicted octanol–water partition coefficient (Wildman–Crippen LogP) is 4.31. The standard InChI is InChI=1S/C25H25NO2S/c27-25-24(16-20-10-4-1-5-11-20)22(19-29(28)23-14-8-3-9-15-23)18-26(25)17-21-12-6-2-7-13-21/h1-15,22,24H,16-19H2/t22-,24-,29?/m0/s1. The van der Waals surface area contributed by atoms with Crippen LogP contribution < -0.4 is 0 Å². The SMILES string of the molecule is O=C1[C@@H](Cc2ccccc2)[C@H](CS(=O)c2ccccc2)CN1Cc1ccccc1. The van der Waals surface area contributed by atoms with Crippen molar-refractivity contribution in [2.45, 2.75) is 17.9 Å². The fourth-order valence-electron chi connectivity index (χ4n) is 4.04. The van der Waals surface area contributed by atoms with Crippen LogP contribution in [0.4, 0.5) is 0 Å². The molecule has 3 aromatic rings. The van der Waals surface area contributed by atoms with Gasteiger partial charge >= 0.3 is 0 Å². The van der Waals surface area contributed by atoms with Gasteiger partial charge in [0.2, 0.25) is 5.91 Å². The van der Waals surface area contributed by atoms with Gasteiger partial charge in [-0.1, -0.05) is 78.9 Å². The lowest BCUT2D eigenvalue weighted by Gasteiger charge is -2.16. The summed E-state index contributed by atoms with van der Waals surface area (Å²) in [5.41, 5.74) is 2.28. The normalized spacial score (nSPS) is 20.0. The highest BCUT2D eigenvalue weighted by molar-refractivity contribution is 7.85. The largest absolute Gasteiger partial charge is 0.338 e. The molecule has 4 heteroatoms. The van der Waals surface area contributed by atoms with Gasteiger partial charge in [0.25, 0.3) is 0 Å².